The molecule has 0 spiro atoms. The van der Waals surface area contributed by atoms with E-state index < -0.39 is 11.9 Å². The summed E-state index contributed by atoms with van der Waals surface area (Å²) in [5, 5.41) is 0. The first-order chi connectivity index (χ1) is 4.70. The summed E-state index contributed by atoms with van der Waals surface area (Å²) >= 11 is 6.45. The molecule has 0 aromatic rings. The molecule has 0 heterocycles. The van der Waals surface area contributed by atoms with E-state index in [9.17, 15) is 9.59 Å². The van der Waals surface area contributed by atoms with E-state index in [2.05, 4.69) is 34.2 Å². The van der Waals surface area contributed by atoms with Crippen molar-refractivity contribution in [1.82, 2.24) is 0 Å². The zero-order valence-corrected chi connectivity index (χ0v) is 12.7. The number of hydrogen-bond acceptors (Lipinski definition) is 6. The van der Waals surface area contributed by atoms with Crippen molar-refractivity contribution in [3.8, 4) is 0 Å². The molecule has 12 heavy (non-hydrogen) atoms. The Bertz CT molecular complexity index is 129. The van der Waals surface area contributed by atoms with Gasteiger partial charge in [0, 0.05) is 79.8 Å². The Balaban J connectivity index is -0.000000405. The fourth-order valence-electron chi connectivity index (χ4n) is 0.295. The molecule has 0 bridgehead atoms. The van der Waals surface area contributed by atoms with Crippen LogP contribution in [-0.2, 0) is 18.0 Å². The van der Waals surface area contributed by atoms with Crippen molar-refractivity contribution >= 4 is 91.7 Å². The van der Waals surface area contributed by atoms with E-state index in [0.29, 0.717) is 0 Å². The number of carbonyl (C=O) groups excluding carboxylic acids is 2. The standard InChI is InChI=1S/C4H6O4S2.Na.Sb/c5-3(7-9)1-2-4(6)8-10;;/h9-10H,1-2H2;;. The first-order valence-electron chi connectivity index (χ1n) is 2.39. The van der Waals surface area contributed by atoms with Gasteiger partial charge < -0.3 is 8.37 Å². The number of rotatable bonds is 3. The monoisotopic (exact) mass is 326 g/mol. The molecule has 0 aromatic carbocycles. The molecule has 0 N–H and O–H groups in total. The van der Waals surface area contributed by atoms with Gasteiger partial charge in [-0.05, 0) is 0 Å². The van der Waals surface area contributed by atoms with Gasteiger partial charge in [0.1, 0.15) is 0 Å². The van der Waals surface area contributed by atoms with Crippen LogP contribution in [0.5, 0.6) is 0 Å². The predicted octanol–water partition coefficient (Wildman–Crippen LogP) is -0.219. The molecule has 4 radical (unpaired) electrons. The Hall–Kier alpha value is 1.46. The Morgan fingerprint density at radius 1 is 1.00 bits per heavy atom. The molecular weight excluding hydrogens is 321 g/mol. The molecule has 0 aromatic heterocycles. The zero-order valence-electron chi connectivity index (χ0n) is 6.39. The summed E-state index contributed by atoms with van der Waals surface area (Å²) in [4.78, 5) is 20.6. The van der Waals surface area contributed by atoms with Crippen molar-refractivity contribution in [3.05, 3.63) is 0 Å². The van der Waals surface area contributed by atoms with E-state index in [1.165, 1.54) is 0 Å². The molecule has 0 amide bonds. The maximum Gasteiger partial charge on any atom is 0.318 e. The molecular formula is C4H6NaO4S2Sb. The summed E-state index contributed by atoms with van der Waals surface area (Å²) < 4.78 is 7.94. The Labute approximate surface area is 121 Å². The quantitative estimate of drug-likeness (QED) is 0.428. The number of thiol groups is 2. The summed E-state index contributed by atoms with van der Waals surface area (Å²) in [6.07, 6.45) is -0.0776. The van der Waals surface area contributed by atoms with Crippen molar-refractivity contribution in [1.29, 1.82) is 0 Å². The molecule has 0 aliphatic carbocycles. The molecule has 0 aliphatic heterocycles. The first-order valence-corrected chi connectivity index (χ1v) is 3.12. The van der Waals surface area contributed by atoms with Gasteiger partial charge in [-0.2, -0.15) is 0 Å². The molecule has 0 saturated carbocycles. The second-order valence-electron chi connectivity index (χ2n) is 1.43. The molecule has 4 nitrogen and oxygen atoms in total. The number of hydrogen-bond donors (Lipinski definition) is 2. The summed E-state index contributed by atoms with van der Waals surface area (Å²) in [7, 11) is 0. The van der Waals surface area contributed by atoms with Crippen LogP contribution in [0.4, 0.5) is 0 Å². The Kier molecular flexibility index (Phi) is 19.8. The molecule has 64 valence electrons. The zero-order chi connectivity index (χ0) is 7.98. The average Bonchev–Trinajstić information content (AvgIpc) is 1.99. The van der Waals surface area contributed by atoms with Crippen LogP contribution >= 0.6 is 25.8 Å². The third-order valence-corrected chi connectivity index (χ3v) is 1.14. The fraction of sp³-hybridized carbons (Fsp3) is 0.500. The van der Waals surface area contributed by atoms with Gasteiger partial charge in [0.15, 0.2) is 0 Å². The minimum absolute atomic E-state index is 0. The Morgan fingerprint density at radius 2 is 1.25 bits per heavy atom. The third-order valence-electron chi connectivity index (χ3n) is 0.737. The van der Waals surface area contributed by atoms with Crippen LogP contribution < -0.4 is 0 Å². The second kappa shape index (κ2) is 12.5. The summed E-state index contributed by atoms with van der Waals surface area (Å²) in [6, 6.07) is 0. The second-order valence-corrected chi connectivity index (χ2v) is 1.79. The van der Waals surface area contributed by atoms with Gasteiger partial charge in [-0.3, -0.25) is 9.59 Å². The average molecular weight is 327 g/mol. The number of carbonyl (C=O) groups is 2. The van der Waals surface area contributed by atoms with E-state index in [1.54, 1.807) is 0 Å². The SMILES string of the molecule is O=C(CCC(=O)OS)OS.[Na].[Sb]. The largest absolute Gasteiger partial charge is 0.395 e. The van der Waals surface area contributed by atoms with Gasteiger partial charge in [-0.1, -0.05) is 0 Å². The molecule has 0 fully saturated rings. The van der Waals surface area contributed by atoms with Crippen LogP contribution in [-0.4, -0.2) is 65.9 Å². The van der Waals surface area contributed by atoms with Crippen LogP contribution in [0.1, 0.15) is 12.8 Å². The van der Waals surface area contributed by atoms with Gasteiger partial charge in [-0.25, -0.2) is 0 Å². The van der Waals surface area contributed by atoms with Crippen LogP contribution in [0.25, 0.3) is 0 Å². The summed E-state index contributed by atoms with van der Waals surface area (Å²) in [5.74, 6) is -1.14. The topological polar surface area (TPSA) is 52.6 Å². The van der Waals surface area contributed by atoms with E-state index >= 15 is 0 Å². The van der Waals surface area contributed by atoms with Crippen LogP contribution in [0.3, 0.4) is 0 Å². The van der Waals surface area contributed by atoms with Crippen molar-refractivity contribution in [2.75, 3.05) is 0 Å². The van der Waals surface area contributed by atoms with E-state index in [1.807, 2.05) is 0 Å². The van der Waals surface area contributed by atoms with Crippen LogP contribution in [0.15, 0.2) is 0 Å². The smallest absolute Gasteiger partial charge is 0.318 e. The molecule has 0 unspecified atom stereocenters. The molecule has 0 rings (SSSR count). The molecule has 8 heteroatoms. The van der Waals surface area contributed by atoms with Gasteiger partial charge in [-0.15, -0.1) is 0 Å². The van der Waals surface area contributed by atoms with Crippen molar-refractivity contribution in [2.24, 2.45) is 0 Å². The van der Waals surface area contributed by atoms with Gasteiger partial charge >= 0.3 is 11.9 Å². The maximum absolute atomic E-state index is 10.3. The molecule has 0 atom stereocenters. The van der Waals surface area contributed by atoms with Gasteiger partial charge in [0.05, 0.1) is 12.8 Å². The third kappa shape index (κ3) is 11.5. The Morgan fingerprint density at radius 3 is 1.42 bits per heavy atom. The maximum atomic E-state index is 10.3. The molecule has 0 aliphatic rings. The van der Waals surface area contributed by atoms with Crippen molar-refractivity contribution < 1.29 is 18.0 Å². The van der Waals surface area contributed by atoms with E-state index in [4.69, 9.17) is 0 Å². The fourth-order valence-corrected chi connectivity index (χ4v) is 0.478. The van der Waals surface area contributed by atoms with Crippen LogP contribution in [0.2, 0.25) is 0 Å². The molecule has 0 saturated heterocycles. The predicted molar refractivity (Wildman–Crippen MR) is 50.9 cm³/mol. The minimum atomic E-state index is -0.568. The normalized spacial score (nSPS) is 7.17. The minimum Gasteiger partial charge on any atom is -0.395 e. The van der Waals surface area contributed by atoms with Gasteiger partial charge in [0.25, 0.3) is 0 Å². The van der Waals surface area contributed by atoms with Crippen LogP contribution in [0, 0.1) is 0 Å². The summed E-state index contributed by atoms with van der Waals surface area (Å²) in [6.45, 7) is 0. The van der Waals surface area contributed by atoms with Gasteiger partial charge in [0.2, 0.25) is 0 Å². The summed E-state index contributed by atoms with van der Waals surface area (Å²) in [5.41, 5.74) is 0. The van der Waals surface area contributed by atoms with E-state index in [0.717, 1.165) is 0 Å². The first kappa shape index (κ1) is 19.1. The van der Waals surface area contributed by atoms with Crippen molar-refractivity contribution in [3.63, 3.8) is 0 Å². The van der Waals surface area contributed by atoms with Crippen molar-refractivity contribution in [2.45, 2.75) is 12.8 Å². The van der Waals surface area contributed by atoms with E-state index in [-0.39, 0.29) is 66.8 Å².